The monoisotopic (exact) mass is 402 g/mol. The normalized spacial score (nSPS) is 20.9. The topological polar surface area (TPSA) is 77.9 Å². The molecule has 6 nitrogen and oxygen atoms in total. The third kappa shape index (κ3) is 3.33. The SMILES string of the molecule is CCN1/C(=C2/SC(=S)N(CCS(=O)(=O)O)C2=O)Sc2ccccc21. The van der Waals surface area contributed by atoms with E-state index in [-0.39, 0.29) is 12.5 Å². The van der Waals surface area contributed by atoms with E-state index in [0.717, 1.165) is 15.6 Å². The van der Waals surface area contributed by atoms with Crippen molar-refractivity contribution in [3.8, 4) is 0 Å². The molecule has 1 saturated heterocycles. The number of hydrogen-bond acceptors (Lipinski definition) is 7. The Morgan fingerprint density at radius 1 is 1.21 bits per heavy atom. The van der Waals surface area contributed by atoms with Crippen LogP contribution in [-0.2, 0) is 14.9 Å². The Balaban J connectivity index is 1.91. The molecule has 1 aromatic carbocycles. The number of thiocarbonyl (C=S) groups is 1. The summed E-state index contributed by atoms with van der Waals surface area (Å²) in [6.07, 6.45) is 0. The standard InChI is InChI=1S/C14H14N2O4S4/c1-2-15-9-5-3-4-6-10(9)22-13(15)11-12(17)16(14(21)23-11)7-8-24(18,19)20/h3-6H,2,7-8H2,1H3,(H,18,19,20)/b13-11-. The number of fused-ring (bicyclic) bond motifs is 1. The fourth-order valence-corrected chi connectivity index (χ4v) is 5.54. The lowest BCUT2D eigenvalue weighted by molar-refractivity contribution is -0.122. The number of benzene rings is 1. The highest BCUT2D eigenvalue weighted by Crippen LogP contribution is 2.50. The van der Waals surface area contributed by atoms with Crippen molar-refractivity contribution in [1.29, 1.82) is 0 Å². The lowest BCUT2D eigenvalue weighted by atomic mass is 10.3. The summed E-state index contributed by atoms with van der Waals surface area (Å²) in [6.45, 7) is 2.56. The van der Waals surface area contributed by atoms with Crippen LogP contribution in [-0.4, -0.2) is 46.9 Å². The summed E-state index contributed by atoms with van der Waals surface area (Å²) in [5.74, 6) is -0.852. The van der Waals surface area contributed by atoms with Crippen molar-refractivity contribution in [3.63, 3.8) is 0 Å². The minimum absolute atomic E-state index is 0.149. The van der Waals surface area contributed by atoms with Gasteiger partial charge in [-0.3, -0.25) is 14.2 Å². The molecule has 10 heteroatoms. The van der Waals surface area contributed by atoms with Gasteiger partial charge in [0.15, 0.2) is 0 Å². The smallest absolute Gasteiger partial charge is 0.268 e. The first-order valence-corrected chi connectivity index (χ1v) is 10.7. The third-order valence-electron chi connectivity index (χ3n) is 3.54. The first-order valence-electron chi connectivity index (χ1n) is 7.09. The molecule has 2 aliphatic heterocycles. The van der Waals surface area contributed by atoms with E-state index in [2.05, 4.69) is 4.90 Å². The Labute approximate surface area is 154 Å². The molecule has 0 unspecified atom stereocenters. The van der Waals surface area contributed by atoms with Crippen LogP contribution in [0.4, 0.5) is 5.69 Å². The zero-order chi connectivity index (χ0) is 17.5. The van der Waals surface area contributed by atoms with Gasteiger partial charge in [0.05, 0.1) is 11.4 Å². The molecule has 0 bridgehead atoms. The van der Waals surface area contributed by atoms with Gasteiger partial charge in [0.1, 0.15) is 14.3 Å². The number of hydrogen-bond donors (Lipinski definition) is 1. The van der Waals surface area contributed by atoms with Gasteiger partial charge in [-0.2, -0.15) is 8.42 Å². The van der Waals surface area contributed by atoms with E-state index < -0.39 is 15.9 Å². The summed E-state index contributed by atoms with van der Waals surface area (Å²) >= 11 is 7.88. The van der Waals surface area contributed by atoms with Crippen LogP contribution in [0.2, 0.25) is 0 Å². The summed E-state index contributed by atoms with van der Waals surface area (Å²) in [5.41, 5.74) is 1.04. The quantitative estimate of drug-likeness (QED) is 0.468. The number of nitrogens with zero attached hydrogens (tertiary/aromatic N) is 2. The van der Waals surface area contributed by atoms with Crippen molar-refractivity contribution in [2.24, 2.45) is 0 Å². The van der Waals surface area contributed by atoms with Crippen molar-refractivity contribution in [3.05, 3.63) is 34.2 Å². The van der Waals surface area contributed by atoms with Crippen molar-refractivity contribution in [1.82, 2.24) is 4.90 Å². The Kier molecular flexibility index (Phi) is 4.94. The maximum Gasteiger partial charge on any atom is 0.268 e. The average molecular weight is 403 g/mol. The summed E-state index contributed by atoms with van der Waals surface area (Å²) in [7, 11) is -4.15. The molecule has 0 aliphatic carbocycles. The third-order valence-corrected chi connectivity index (χ3v) is 6.99. The van der Waals surface area contributed by atoms with Crippen molar-refractivity contribution < 1.29 is 17.8 Å². The minimum atomic E-state index is -4.15. The minimum Gasteiger partial charge on any atom is -0.334 e. The molecule has 1 amide bonds. The highest BCUT2D eigenvalue weighted by molar-refractivity contribution is 8.27. The van der Waals surface area contributed by atoms with Crippen LogP contribution in [0.25, 0.3) is 0 Å². The molecular formula is C14H14N2O4S4. The van der Waals surface area contributed by atoms with Crippen molar-refractivity contribution >= 4 is 61.8 Å². The molecule has 0 radical (unpaired) electrons. The Hall–Kier alpha value is -1.07. The van der Waals surface area contributed by atoms with Gasteiger partial charge in [-0.25, -0.2) is 0 Å². The van der Waals surface area contributed by atoms with Gasteiger partial charge in [-0.15, -0.1) is 0 Å². The van der Waals surface area contributed by atoms with Crippen molar-refractivity contribution in [2.45, 2.75) is 11.8 Å². The molecule has 128 valence electrons. The first-order chi connectivity index (χ1) is 11.3. The van der Waals surface area contributed by atoms with E-state index >= 15 is 0 Å². The zero-order valence-electron chi connectivity index (χ0n) is 12.6. The lowest BCUT2D eigenvalue weighted by Crippen LogP contribution is -2.33. The molecule has 0 saturated carbocycles. The van der Waals surface area contributed by atoms with Crippen LogP contribution in [0.3, 0.4) is 0 Å². The highest BCUT2D eigenvalue weighted by Gasteiger charge is 2.38. The number of anilines is 1. The second kappa shape index (κ2) is 6.68. The molecule has 1 N–H and O–H groups in total. The molecule has 24 heavy (non-hydrogen) atoms. The Morgan fingerprint density at radius 3 is 2.58 bits per heavy atom. The van der Waals surface area contributed by atoms with Crippen LogP contribution in [0.1, 0.15) is 6.92 Å². The molecule has 2 heterocycles. The van der Waals surface area contributed by atoms with E-state index in [1.54, 1.807) is 0 Å². The molecule has 0 spiro atoms. The van der Waals surface area contributed by atoms with Crippen LogP contribution < -0.4 is 4.90 Å². The predicted octanol–water partition coefficient (Wildman–Crippen LogP) is 2.54. The number of amides is 1. The summed E-state index contributed by atoms with van der Waals surface area (Å²) in [5, 5.41) is 0.811. The van der Waals surface area contributed by atoms with E-state index in [9.17, 15) is 13.2 Å². The molecule has 3 rings (SSSR count). The predicted molar refractivity (Wildman–Crippen MR) is 101 cm³/mol. The van der Waals surface area contributed by atoms with E-state index in [1.165, 1.54) is 28.4 Å². The zero-order valence-corrected chi connectivity index (χ0v) is 15.9. The van der Waals surface area contributed by atoms with Gasteiger partial charge >= 0.3 is 0 Å². The van der Waals surface area contributed by atoms with E-state index in [0.29, 0.717) is 15.8 Å². The highest BCUT2D eigenvalue weighted by atomic mass is 32.2. The van der Waals surface area contributed by atoms with Gasteiger partial charge in [0.25, 0.3) is 16.0 Å². The number of carbonyl (C=O) groups excluding carboxylic acids is 1. The Bertz CT molecular complexity index is 850. The van der Waals surface area contributed by atoms with Crippen LogP contribution >= 0.6 is 35.7 Å². The first kappa shape index (κ1) is 17.7. The fraction of sp³-hybridized carbons (Fsp3) is 0.286. The maximum absolute atomic E-state index is 12.7. The molecular weight excluding hydrogens is 388 g/mol. The lowest BCUT2D eigenvalue weighted by Gasteiger charge is -2.19. The number of carbonyl (C=O) groups is 1. The average Bonchev–Trinajstić information content (AvgIpc) is 3.02. The molecule has 1 fully saturated rings. The van der Waals surface area contributed by atoms with E-state index in [1.807, 2.05) is 31.2 Å². The van der Waals surface area contributed by atoms with Gasteiger partial charge in [-0.1, -0.05) is 47.9 Å². The number of thioether (sulfide) groups is 2. The Morgan fingerprint density at radius 2 is 1.92 bits per heavy atom. The molecule has 0 aromatic heterocycles. The molecule has 2 aliphatic rings. The second-order valence-electron chi connectivity index (χ2n) is 5.06. The van der Waals surface area contributed by atoms with Gasteiger partial charge in [-0.05, 0) is 19.1 Å². The largest absolute Gasteiger partial charge is 0.334 e. The maximum atomic E-state index is 12.7. The van der Waals surface area contributed by atoms with Gasteiger partial charge < -0.3 is 4.90 Å². The summed E-state index contributed by atoms with van der Waals surface area (Å²) in [6, 6.07) is 7.88. The fourth-order valence-electron chi connectivity index (χ4n) is 2.44. The number of rotatable bonds is 4. The van der Waals surface area contributed by atoms with E-state index in [4.69, 9.17) is 16.8 Å². The van der Waals surface area contributed by atoms with Crippen LogP contribution in [0.15, 0.2) is 39.1 Å². The number of para-hydroxylation sites is 1. The van der Waals surface area contributed by atoms with Crippen LogP contribution in [0, 0.1) is 0 Å². The summed E-state index contributed by atoms with van der Waals surface area (Å²) in [4.78, 5) is 17.5. The van der Waals surface area contributed by atoms with Gasteiger partial charge in [0.2, 0.25) is 0 Å². The molecule has 0 atom stereocenters. The van der Waals surface area contributed by atoms with Gasteiger partial charge in [0, 0.05) is 18.0 Å². The van der Waals surface area contributed by atoms with Crippen molar-refractivity contribution in [2.75, 3.05) is 23.7 Å². The van der Waals surface area contributed by atoms with Crippen LogP contribution in [0.5, 0.6) is 0 Å². The molecule has 1 aromatic rings. The second-order valence-corrected chi connectivity index (χ2v) is 9.31. The summed E-state index contributed by atoms with van der Waals surface area (Å²) < 4.78 is 31.0.